The molecule has 8 heteroatoms. The second-order valence-electron chi connectivity index (χ2n) is 6.25. The van der Waals surface area contributed by atoms with E-state index >= 15 is 0 Å². The Morgan fingerprint density at radius 2 is 1.13 bits per heavy atom. The second-order valence-corrected chi connectivity index (χ2v) is 8.47. The Morgan fingerprint density at radius 3 is 1.40 bits per heavy atom. The summed E-state index contributed by atoms with van der Waals surface area (Å²) in [6.45, 7) is 3.72. The Bertz CT molecular complexity index is 929. The van der Waals surface area contributed by atoms with Gasteiger partial charge in [0.25, 0.3) is 0 Å². The first-order valence-corrected chi connectivity index (χ1v) is 10.9. The second kappa shape index (κ2) is 10.8. The van der Waals surface area contributed by atoms with Crippen LogP contribution in [0.15, 0.2) is 46.2 Å². The van der Waals surface area contributed by atoms with E-state index in [1.165, 1.54) is 12.2 Å². The van der Waals surface area contributed by atoms with E-state index in [0.29, 0.717) is 22.6 Å². The Balaban J connectivity index is 2.25. The smallest absolute Gasteiger partial charge is 0.343 e. The predicted octanol–water partition coefficient (Wildman–Crippen LogP) is 5.25. The molecule has 0 saturated carbocycles. The van der Waals surface area contributed by atoms with Gasteiger partial charge < -0.3 is 19.7 Å². The number of carbonyl (C=O) groups is 2. The van der Waals surface area contributed by atoms with Gasteiger partial charge in [0.2, 0.25) is 0 Å². The van der Waals surface area contributed by atoms with Gasteiger partial charge in [0.15, 0.2) is 0 Å². The van der Waals surface area contributed by atoms with Gasteiger partial charge in [-0.15, -0.1) is 0 Å². The number of rotatable bonds is 9. The zero-order chi connectivity index (χ0) is 22.3. The fourth-order valence-corrected chi connectivity index (χ4v) is 4.56. The van der Waals surface area contributed by atoms with Crippen LogP contribution >= 0.6 is 21.6 Å². The third kappa shape index (κ3) is 6.33. The molecule has 0 radical (unpaired) electrons. The average Bonchev–Trinajstić information content (AvgIpc) is 2.69. The molecule has 0 unspecified atom stereocenters. The molecule has 6 nitrogen and oxygen atoms in total. The fraction of sp³-hybridized carbons (Fsp3) is 0.182. The molecule has 0 aliphatic rings. The van der Waals surface area contributed by atoms with E-state index in [-0.39, 0.29) is 9.81 Å². The van der Waals surface area contributed by atoms with Crippen molar-refractivity contribution in [1.29, 1.82) is 0 Å². The first kappa shape index (κ1) is 23.4. The minimum absolute atomic E-state index is 0.0163. The highest BCUT2D eigenvalue weighted by molar-refractivity contribution is 8.80. The minimum atomic E-state index is -1.13. The van der Waals surface area contributed by atoms with Crippen LogP contribution in [0, 0.1) is 13.8 Å². The molecular formula is C22H22O6S2. The van der Waals surface area contributed by atoms with Crippen molar-refractivity contribution in [3.63, 3.8) is 0 Å². The van der Waals surface area contributed by atoms with Crippen molar-refractivity contribution in [2.75, 3.05) is 14.2 Å². The monoisotopic (exact) mass is 446 g/mol. The van der Waals surface area contributed by atoms with Crippen LogP contribution in [0.3, 0.4) is 0 Å². The van der Waals surface area contributed by atoms with Crippen LogP contribution in [0.5, 0.6) is 11.5 Å². The Hall–Kier alpha value is -2.84. The van der Waals surface area contributed by atoms with Gasteiger partial charge >= 0.3 is 11.9 Å². The van der Waals surface area contributed by atoms with E-state index in [2.05, 4.69) is 0 Å². The summed E-state index contributed by atoms with van der Waals surface area (Å²) in [7, 11) is 4.90. The maximum absolute atomic E-state index is 11.7. The van der Waals surface area contributed by atoms with Crippen molar-refractivity contribution in [3.05, 3.63) is 68.5 Å². The van der Waals surface area contributed by atoms with Crippen molar-refractivity contribution >= 4 is 45.7 Å². The molecule has 0 fully saturated rings. The van der Waals surface area contributed by atoms with Crippen LogP contribution in [0.1, 0.15) is 22.3 Å². The van der Waals surface area contributed by atoms with Crippen molar-refractivity contribution in [3.8, 4) is 11.5 Å². The van der Waals surface area contributed by atoms with Gasteiger partial charge in [0, 0.05) is 0 Å². The zero-order valence-electron chi connectivity index (χ0n) is 17.0. The summed E-state index contributed by atoms with van der Waals surface area (Å²) in [6.07, 6.45) is 3.01. The molecule has 2 aromatic carbocycles. The van der Waals surface area contributed by atoms with Crippen LogP contribution < -0.4 is 9.47 Å². The summed E-state index contributed by atoms with van der Waals surface area (Å²) in [5.41, 5.74) is 3.11. The standard InChI is InChI=1S/C22H22O6S2/c1-13-9-15(5-7-17(13)27-3)11-19(21(23)24)29-30-20(22(25)26)12-16-6-8-18(28-4)14(2)10-16/h5-12H,1-4H3,(H,23,24)(H,25,26)/b19-11-,20-12+. The van der Waals surface area contributed by atoms with Crippen LogP contribution in [0.4, 0.5) is 0 Å². The van der Waals surface area contributed by atoms with Gasteiger partial charge in [0.1, 0.15) is 21.3 Å². The number of aryl methyl sites for hydroxylation is 2. The van der Waals surface area contributed by atoms with Crippen molar-refractivity contribution in [2.45, 2.75) is 13.8 Å². The number of ether oxygens (including phenoxy) is 2. The first-order valence-electron chi connectivity index (χ1n) is 8.79. The van der Waals surface area contributed by atoms with Gasteiger partial charge in [-0.25, -0.2) is 9.59 Å². The quantitative estimate of drug-likeness (QED) is 0.398. The highest BCUT2D eigenvalue weighted by atomic mass is 33.1. The number of hydrogen-bond acceptors (Lipinski definition) is 6. The summed E-state index contributed by atoms with van der Waals surface area (Å²) < 4.78 is 10.4. The summed E-state index contributed by atoms with van der Waals surface area (Å²) in [6, 6.07) is 10.6. The molecule has 0 heterocycles. The van der Waals surface area contributed by atoms with Gasteiger partial charge in [-0.05, 0) is 94.1 Å². The number of methoxy groups -OCH3 is 2. The van der Waals surface area contributed by atoms with E-state index in [0.717, 1.165) is 32.7 Å². The fourth-order valence-electron chi connectivity index (χ4n) is 2.62. The maximum atomic E-state index is 11.7. The Kier molecular flexibility index (Phi) is 8.44. The number of carboxylic acid groups (broad SMARTS) is 2. The van der Waals surface area contributed by atoms with Gasteiger partial charge in [-0.1, -0.05) is 12.1 Å². The van der Waals surface area contributed by atoms with E-state index < -0.39 is 11.9 Å². The SMILES string of the molecule is COc1ccc(/C=C(\SS/C(=C/c2ccc(OC)c(C)c2)C(=O)O)C(=O)O)cc1C. The average molecular weight is 447 g/mol. The van der Waals surface area contributed by atoms with Crippen molar-refractivity contribution < 1.29 is 29.3 Å². The molecule has 0 aromatic heterocycles. The molecule has 0 bridgehead atoms. The topological polar surface area (TPSA) is 93.1 Å². The first-order chi connectivity index (χ1) is 14.2. The number of benzene rings is 2. The summed E-state index contributed by atoms with van der Waals surface area (Å²) in [5, 5.41) is 19.1. The van der Waals surface area contributed by atoms with Gasteiger partial charge in [-0.2, -0.15) is 0 Å². The van der Waals surface area contributed by atoms with Crippen LogP contribution in [0.2, 0.25) is 0 Å². The number of carboxylic acids is 2. The highest BCUT2D eigenvalue weighted by Crippen LogP contribution is 2.39. The molecular weight excluding hydrogens is 424 g/mol. The molecule has 0 aliphatic heterocycles. The molecule has 0 atom stereocenters. The molecule has 2 rings (SSSR count). The lowest BCUT2D eigenvalue weighted by molar-refractivity contribution is -0.132. The van der Waals surface area contributed by atoms with Gasteiger partial charge in [0.05, 0.1) is 14.2 Å². The van der Waals surface area contributed by atoms with E-state index in [1.807, 2.05) is 13.8 Å². The van der Waals surface area contributed by atoms with E-state index in [4.69, 9.17) is 9.47 Å². The largest absolute Gasteiger partial charge is 0.496 e. The highest BCUT2D eigenvalue weighted by Gasteiger charge is 2.15. The number of hydrogen-bond donors (Lipinski definition) is 2. The Labute approximate surface area is 183 Å². The van der Waals surface area contributed by atoms with E-state index in [9.17, 15) is 19.8 Å². The third-order valence-corrected chi connectivity index (χ3v) is 6.43. The molecule has 0 aliphatic carbocycles. The third-order valence-electron chi connectivity index (χ3n) is 4.08. The van der Waals surface area contributed by atoms with Crippen molar-refractivity contribution in [2.24, 2.45) is 0 Å². The summed E-state index contributed by atoms with van der Waals surface area (Å²) in [4.78, 5) is 23.4. The van der Waals surface area contributed by atoms with Crippen molar-refractivity contribution in [1.82, 2.24) is 0 Å². The molecule has 2 aromatic rings. The van der Waals surface area contributed by atoms with Crippen LogP contribution in [-0.4, -0.2) is 36.4 Å². The van der Waals surface area contributed by atoms with Crippen LogP contribution in [0.25, 0.3) is 12.2 Å². The predicted molar refractivity (Wildman–Crippen MR) is 122 cm³/mol. The normalized spacial score (nSPS) is 11.9. The molecule has 0 amide bonds. The lowest BCUT2D eigenvalue weighted by atomic mass is 10.1. The lowest BCUT2D eigenvalue weighted by Gasteiger charge is -2.07. The van der Waals surface area contributed by atoms with Crippen LogP contribution in [-0.2, 0) is 9.59 Å². The Morgan fingerprint density at radius 1 is 0.767 bits per heavy atom. The molecule has 30 heavy (non-hydrogen) atoms. The molecule has 158 valence electrons. The molecule has 2 N–H and O–H groups in total. The lowest BCUT2D eigenvalue weighted by Crippen LogP contribution is -1.99. The molecule has 0 spiro atoms. The minimum Gasteiger partial charge on any atom is -0.496 e. The number of aliphatic carboxylic acids is 2. The molecule has 0 saturated heterocycles. The van der Waals surface area contributed by atoms with Gasteiger partial charge in [-0.3, -0.25) is 0 Å². The summed E-state index contributed by atoms with van der Waals surface area (Å²) in [5.74, 6) is -0.856. The summed E-state index contributed by atoms with van der Waals surface area (Å²) >= 11 is 0. The van der Waals surface area contributed by atoms with E-state index in [1.54, 1.807) is 50.6 Å². The maximum Gasteiger partial charge on any atom is 0.343 e. The zero-order valence-corrected chi connectivity index (χ0v) is 18.6.